The van der Waals surface area contributed by atoms with Crippen molar-refractivity contribution >= 4 is 28.7 Å². The third kappa shape index (κ3) is 1.98. The summed E-state index contributed by atoms with van der Waals surface area (Å²) in [7, 11) is 0. The van der Waals surface area contributed by atoms with Gasteiger partial charge in [0.15, 0.2) is 5.76 Å². The Morgan fingerprint density at radius 2 is 2.27 bits per heavy atom. The van der Waals surface area contributed by atoms with Crippen LogP contribution in [0.3, 0.4) is 0 Å². The van der Waals surface area contributed by atoms with Crippen LogP contribution in [0.25, 0.3) is 0 Å². The van der Waals surface area contributed by atoms with Gasteiger partial charge in [-0.1, -0.05) is 18.5 Å². The molecule has 0 radical (unpaired) electrons. The first-order valence-electron chi connectivity index (χ1n) is 4.58. The van der Waals surface area contributed by atoms with E-state index in [4.69, 9.17) is 16.0 Å². The maximum absolute atomic E-state index is 11.9. The summed E-state index contributed by atoms with van der Waals surface area (Å²) in [4.78, 5) is 12.4. The molecule has 0 bridgehead atoms. The second kappa shape index (κ2) is 4.21. The maximum atomic E-state index is 11.9. The van der Waals surface area contributed by atoms with Gasteiger partial charge in [-0.05, 0) is 23.6 Å². The Balaban J connectivity index is 2.32. The molecule has 0 saturated heterocycles. The molecular formula is C11H9ClO2S. The van der Waals surface area contributed by atoms with Gasteiger partial charge in [0.2, 0.25) is 5.78 Å². The highest BCUT2D eigenvalue weighted by molar-refractivity contribution is 7.13. The summed E-state index contributed by atoms with van der Waals surface area (Å²) in [5, 5.41) is 2.28. The van der Waals surface area contributed by atoms with Gasteiger partial charge in [-0.3, -0.25) is 4.79 Å². The zero-order valence-electron chi connectivity index (χ0n) is 8.12. The van der Waals surface area contributed by atoms with Crippen molar-refractivity contribution in [3.05, 3.63) is 45.0 Å². The van der Waals surface area contributed by atoms with Gasteiger partial charge in [-0.2, -0.15) is 0 Å². The molecule has 2 aromatic heterocycles. The highest BCUT2D eigenvalue weighted by Gasteiger charge is 2.17. The normalized spacial score (nSPS) is 10.5. The molecule has 2 rings (SSSR count). The SMILES string of the molecule is CCc1ccc(C(=O)c2sccc2Cl)o1. The summed E-state index contributed by atoms with van der Waals surface area (Å²) in [6.45, 7) is 1.98. The minimum atomic E-state index is -0.144. The Morgan fingerprint density at radius 1 is 1.47 bits per heavy atom. The summed E-state index contributed by atoms with van der Waals surface area (Å²) in [6, 6.07) is 5.22. The summed E-state index contributed by atoms with van der Waals surface area (Å²) < 4.78 is 5.37. The number of furan rings is 1. The molecule has 0 saturated carbocycles. The van der Waals surface area contributed by atoms with E-state index in [1.807, 2.05) is 13.0 Å². The van der Waals surface area contributed by atoms with E-state index < -0.39 is 0 Å². The first kappa shape index (κ1) is 10.5. The molecule has 0 aliphatic rings. The van der Waals surface area contributed by atoms with Gasteiger partial charge in [-0.15, -0.1) is 11.3 Å². The topological polar surface area (TPSA) is 30.2 Å². The number of carbonyl (C=O) groups is 1. The van der Waals surface area contributed by atoms with Crippen LogP contribution in [0.1, 0.15) is 28.1 Å². The number of halogens is 1. The lowest BCUT2D eigenvalue weighted by Crippen LogP contribution is -1.96. The first-order valence-corrected chi connectivity index (χ1v) is 5.84. The van der Waals surface area contributed by atoms with E-state index in [0.717, 1.165) is 12.2 Å². The minimum Gasteiger partial charge on any atom is -0.458 e. The van der Waals surface area contributed by atoms with E-state index in [-0.39, 0.29) is 5.78 Å². The highest BCUT2D eigenvalue weighted by Crippen LogP contribution is 2.25. The molecule has 0 N–H and O–H groups in total. The number of rotatable bonds is 3. The lowest BCUT2D eigenvalue weighted by atomic mass is 10.2. The predicted octanol–water partition coefficient (Wildman–Crippen LogP) is 3.79. The number of thiophene rings is 1. The molecule has 0 aliphatic carbocycles. The van der Waals surface area contributed by atoms with E-state index in [0.29, 0.717) is 15.7 Å². The van der Waals surface area contributed by atoms with Gasteiger partial charge in [-0.25, -0.2) is 0 Å². The summed E-state index contributed by atoms with van der Waals surface area (Å²) >= 11 is 7.20. The summed E-state index contributed by atoms with van der Waals surface area (Å²) in [6.07, 6.45) is 0.783. The Kier molecular flexibility index (Phi) is 2.93. The average molecular weight is 241 g/mol. The smallest absolute Gasteiger partial charge is 0.239 e. The van der Waals surface area contributed by atoms with Crippen LogP contribution in [-0.2, 0) is 6.42 Å². The lowest BCUT2D eigenvalue weighted by molar-refractivity contribution is 0.101. The fourth-order valence-electron chi connectivity index (χ4n) is 1.26. The first-order chi connectivity index (χ1) is 7.22. The summed E-state index contributed by atoms with van der Waals surface area (Å²) in [5.41, 5.74) is 0. The van der Waals surface area contributed by atoms with Crippen LogP contribution >= 0.6 is 22.9 Å². The van der Waals surface area contributed by atoms with Crippen molar-refractivity contribution in [1.29, 1.82) is 0 Å². The molecule has 0 spiro atoms. The van der Waals surface area contributed by atoms with E-state index in [2.05, 4.69) is 0 Å². The molecule has 0 aromatic carbocycles. The fourth-order valence-corrected chi connectivity index (χ4v) is 2.34. The molecular weight excluding hydrogens is 232 g/mol. The van der Waals surface area contributed by atoms with Gasteiger partial charge < -0.3 is 4.42 Å². The van der Waals surface area contributed by atoms with Crippen LogP contribution in [-0.4, -0.2) is 5.78 Å². The quantitative estimate of drug-likeness (QED) is 0.764. The Morgan fingerprint density at radius 3 is 2.80 bits per heavy atom. The number of carbonyl (C=O) groups excluding carboxylic acids is 1. The molecule has 0 fully saturated rings. The third-order valence-corrected chi connectivity index (χ3v) is 3.40. The lowest BCUT2D eigenvalue weighted by Gasteiger charge is -1.94. The molecule has 2 nitrogen and oxygen atoms in total. The fraction of sp³-hybridized carbons (Fsp3) is 0.182. The molecule has 0 amide bonds. The van der Waals surface area contributed by atoms with Gasteiger partial charge in [0, 0.05) is 6.42 Å². The number of hydrogen-bond donors (Lipinski definition) is 0. The average Bonchev–Trinajstić information content (AvgIpc) is 2.84. The van der Waals surface area contributed by atoms with Crippen molar-refractivity contribution in [2.24, 2.45) is 0 Å². The molecule has 2 aromatic rings. The van der Waals surface area contributed by atoms with E-state index in [9.17, 15) is 4.79 Å². The molecule has 2 heterocycles. The van der Waals surface area contributed by atoms with Crippen LogP contribution < -0.4 is 0 Å². The third-order valence-electron chi connectivity index (χ3n) is 2.06. The molecule has 4 heteroatoms. The monoisotopic (exact) mass is 240 g/mol. The van der Waals surface area contributed by atoms with Crippen molar-refractivity contribution in [1.82, 2.24) is 0 Å². The largest absolute Gasteiger partial charge is 0.458 e. The second-order valence-corrected chi connectivity index (χ2v) is 4.37. The van der Waals surface area contributed by atoms with Crippen LogP contribution in [0.4, 0.5) is 0 Å². The minimum absolute atomic E-state index is 0.144. The molecule has 0 unspecified atom stereocenters. The van der Waals surface area contributed by atoms with Crippen molar-refractivity contribution in [2.45, 2.75) is 13.3 Å². The zero-order valence-corrected chi connectivity index (χ0v) is 9.69. The van der Waals surface area contributed by atoms with Crippen molar-refractivity contribution in [3.8, 4) is 0 Å². The number of hydrogen-bond acceptors (Lipinski definition) is 3. The standard InChI is InChI=1S/C11H9ClO2S/c1-2-7-3-4-9(14-7)10(13)11-8(12)5-6-15-11/h3-6H,2H2,1H3. The number of aryl methyl sites for hydroxylation is 1. The molecule has 15 heavy (non-hydrogen) atoms. The van der Waals surface area contributed by atoms with E-state index >= 15 is 0 Å². The van der Waals surface area contributed by atoms with E-state index in [1.165, 1.54) is 11.3 Å². The zero-order chi connectivity index (χ0) is 10.8. The highest BCUT2D eigenvalue weighted by atomic mass is 35.5. The van der Waals surface area contributed by atoms with Crippen molar-refractivity contribution in [2.75, 3.05) is 0 Å². The molecule has 78 valence electrons. The second-order valence-electron chi connectivity index (χ2n) is 3.05. The van der Waals surface area contributed by atoms with Crippen LogP contribution in [0.2, 0.25) is 5.02 Å². The van der Waals surface area contributed by atoms with Crippen molar-refractivity contribution in [3.63, 3.8) is 0 Å². The van der Waals surface area contributed by atoms with Gasteiger partial charge in [0.05, 0.1) is 9.90 Å². The Labute approximate surface area is 96.5 Å². The molecule has 0 aliphatic heterocycles. The van der Waals surface area contributed by atoms with Gasteiger partial charge in [0.1, 0.15) is 5.76 Å². The van der Waals surface area contributed by atoms with Crippen molar-refractivity contribution < 1.29 is 9.21 Å². The number of ketones is 1. The Bertz CT molecular complexity index is 484. The summed E-state index contributed by atoms with van der Waals surface area (Å²) in [5.74, 6) is 1.02. The van der Waals surface area contributed by atoms with Gasteiger partial charge in [0.25, 0.3) is 0 Å². The van der Waals surface area contributed by atoms with Crippen LogP contribution in [0.5, 0.6) is 0 Å². The molecule has 0 atom stereocenters. The predicted molar refractivity (Wildman–Crippen MR) is 60.8 cm³/mol. The Hall–Kier alpha value is -1.06. The van der Waals surface area contributed by atoms with Gasteiger partial charge >= 0.3 is 0 Å². The van der Waals surface area contributed by atoms with Crippen LogP contribution in [0, 0.1) is 0 Å². The van der Waals surface area contributed by atoms with Crippen LogP contribution in [0.15, 0.2) is 28.0 Å². The maximum Gasteiger partial charge on any atom is 0.239 e. The van der Waals surface area contributed by atoms with E-state index in [1.54, 1.807) is 17.5 Å².